The average molecular weight is 344 g/mol. The van der Waals surface area contributed by atoms with Crippen molar-refractivity contribution in [3.8, 4) is 0 Å². The second kappa shape index (κ2) is 10.6. The second-order valence-corrected chi connectivity index (χ2v) is 6.60. The molecule has 0 atom stereocenters. The van der Waals surface area contributed by atoms with Gasteiger partial charge in [0.25, 0.3) is 0 Å². The van der Waals surface area contributed by atoms with Gasteiger partial charge in [0.1, 0.15) is 0 Å². The van der Waals surface area contributed by atoms with E-state index in [1.54, 1.807) is 24.3 Å². The van der Waals surface area contributed by atoms with Gasteiger partial charge >= 0.3 is 6.03 Å². The highest BCUT2D eigenvalue weighted by Gasteiger charge is 2.24. The normalized spacial score (nSPS) is 19.5. The first-order valence-electron chi connectivity index (χ1n) is 9.40. The van der Waals surface area contributed by atoms with E-state index in [-0.39, 0.29) is 11.8 Å². The summed E-state index contributed by atoms with van der Waals surface area (Å²) >= 11 is 0. The van der Waals surface area contributed by atoms with Crippen LogP contribution in [0.1, 0.15) is 70.6 Å². The zero-order valence-corrected chi connectivity index (χ0v) is 14.8. The van der Waals surface area contributed by atoms with Crippen molar-refractivity contribution in [1.29, 1.82) is 0 Å². The molecule has 1 aliphatic heterocycles. The van der Waals surface area contributed by atoms with Crippen molar-refractivity contribution in [2.24, 2.45) is 0 Å². The summed E-state index contributed by atoms with van der Waals surface area (Å²) in [4.78, 5) is 38.2. The standard InChI is InChI=1S/C20H28N2O3/c23-18-15-11-6-4-2-1-3-5-7-12-16-19(24)22(20(25)21-18)17-13-9-8-10-14-17/h8-10,13-14H,1-7,11-12,15-16H2,(H,21,23,25). The van der Waals surface area contributed by atoms with E-state index in [0.29, 0.717) is 18.5 Å². The van der Waals surface area contributed by atoms with E-state index < -0.39 is 6.03 Å². The number of amides is 4. The van der Waals surface area contributed by atoms with Crippen molar-refractivity contribution in [3.63, 3.8) is 0 Å². The van der Waals surface area contributed by atoms with Gasteiger partial charge in [0.15, 0.2) is 0 Å². The number of nitrogens with one attached hydrogen (secondary N) is 1. The van der Waals surface area contributed by atoms with E-state index in [4.69, 9.17) is 0 Å². The quantitative estimate of drug-likeness (QED) is 0.812. The van der Waals surface area contributed by atoms with Crippen LogP contribution in [0.25, 0.3) is 0 Å². The first-order valence-corrected chi connectivity index (χ1v) is 9.40. The third-order valence-electron chi connectivity index (χ3n) is 4.51. The first-order chi connectivity index (χ1) is 12.2. The van der Waals surface area contributed by atoms with E-state index >= 15 is 0 Å². The fraction of sp³-hybridized carbons (Fsp3) is 0.550. The Kier molecular flexibility index (Phi) is 8.16. The molecule has 1 fully saturated rings. The molecule has 5 nitrogen and oxygen atoms in total. The number of hydrogen-bond donors (Lipinski definition) is 1. The van der Waals surface area contributed by atoms with Crippen molar-refractivity contribution >= 4 is 23.5 Å². The number of carbonyl (C=O) groups is 3. The third-order valence-corrected chi connectivity index (χ3v) is 4.51. The van der Waals surface area contributed by atoms with Crippen LogP contribution in [0.15, 0.2) is 30.3 Å². The fourth-order valence-electron chi connectivity index (χ4n) is 3.10. The minimum atomic E-state index is -0.645. The summed E-state index contributed by atoms with van der Waals surface area (Å²) in [5.41, 5.74) is 0.499. The summed E-state index contributed by atoms with van der Waals surface area (Å²) in [6.07, 6.45) is 10.0. The Labute approximate surface area is 149 Å². The topological polar surface area (TPSA) is 66.5 Å². The number of hydrogen-bond acceptors (Lipinski definition) is 3. The van der Waals surface area contributed by atoms with Crippen LogP contribution in [0.4, 0.5) is 10.5 Å². The van der Waals surface area contributed by atoms with E-state index in [9.17, 15) is 14.4 Å². The summed E-state index contributed by atoms with van der Waals surface area (Å²) < 4.78 is 0. The Morgan fingerprint density at radius 2 is 1.20 bits per heavy atom. The Hall–Kier alpha value is -2.17. The minimum Gasteiger partial charge on any atom is -0.277 e. The Morgan fingerprint density at radius 3 is 1.80 bits per heavy atom. The minimum absolute atomic E-state index is 0.261. The Balaban J connectivity index is 2.08. The molecule has 1 heterocycles. The smallest absolute Gasteiger partial charge is 0.277 e. The number of anilines is 1. The van der Waals surface area contributed by atoms with E-state index in [1.807, 2.05) is 6.07 Å². The van der Waals surface area contributed by atoms with Crippen molar-refractivity contribution in [2.45, 2.75) is 70.6 Å². The molecule has 0 aromatic heterocycles. The van der Waals surface area contributed by atoms with E-state index in [0.717, 1.165) is 43.4 Å². The van der Waals surface area contributed by atoms with Crippen LogP contribution in [-0.2, 0) is 9.59 Å². The van der Waals surface area contributed by atoms with Crippen LogP contribution < -0.4 is 10.2 Å². The highest BCUT2D eigenvalue weighted by Crippen LogP contribution is 2.17. The maximum atomic E-state index is 12.6. The maximum absolute atomic E-state index is 12.6. The summed E-state index contributed by atoms with van der Waals surface area (Å²) in [7, 11) is 0. The van der Waals surface area contributed by atoms with Gasteiger partial charge in [0.2, 0.25) is 11.8 Å². The number of urea groups is 1. The van der Waals surface area contributed by atoms with Crippen LogP contribution in [0.2, 0.25) is 0 Å². The summed E-state index contributed by atoms with van der Waals surface area (Å²) in [5.74, 6) is -0.575. The zero-order chi connectivity index (χ0) is 17.9. The maximum Gasteiger partial charge on any atom is 0.335 e. The largest absolute Gasteiger partial charge is 0.335 e. The first kappa shape index (κ1) is 19.2. The molecule has 5 heteroatoms. The molecule has 0 bridgehead atoms. The molecular weight excluding hydrogens is 316 g/mol. The highest BCUT2D eigenvalue weighted by molar-refractivity contribution is 6.17. The predicted octanol–water partition coefficient (Wildman–Crippen LogP) is 4.56. The Bertz CT molecular complexity index is 572. The van der Waals surface area contributed by atoms with E-state index in [1.165, 1.54) is 19.3 Å². The molecule has 1 N–H and O–H groups in total. The van der Waals surface area contributed by atoms with Crippen LogP contribution >= 0.6 is 0 Å². The molecule has 0 aliphatic carbocycles. The molecule has 25 heavy (non-hydrogen) atoms. The molecule has 0 spiro atoms. The molecule has 1 aromatic carbocycles. The van der Waals surface area contributed by atoms with Gasteiger partial charge in [0.05, 0.1) is 5.69 Å². The van der Waals surface area contributed by atoms with Crippen molar-refractivity contribution in [3.05, 3.63) is 30.3 Å². The molecule has 1 aromatic rings. The third kappa shape index (κ3) is 6.69. The number of carbonyl (C=O) groups excluding carboxylic acids is 3. The van der Waals surface area contributed by atoms with Gasteiger partial charge < -0.3 is 0 Å². The number of imide groups is 2. The lowest BCUT2D eigenvalue weighted by Crippen LogP contribution is -2.46. The molecule has 1 aliphatic rings. The molecule has 4 amide bonds. The predicted molar refractivity (Wildman–Crippen MR) is 98.3 cm³/mol. The SMILES string of the molecule is O=C1CCCCCCCCCCCC(=O)N(c2ccccc2)C(=O)N1. The summed E-state index contributed by atoms with van der Waals surface area (Å²) in [6.45, 7) is 0. The molecule has 136 valence electrons. The van der Waals surface area contributed by atoms with Crippen LogP contribution in [-0.4, -0.2) is 17.8 Å². The van der Waals surface area contributed by atoms with Crippen molar-refractivity contribution < 1.29 is 14.4 Å². The monoisotopic (exact) mass is 344 g/mol. The molecule has 0 saturated carbocycles. The van der Waals surface area contributed by atoms with Crippen molar-refractivity contribution in [2.75, 3.05) is 4.90 Å². The van der Waals surface area contributed by atoms with Gasteiger partial charge in [-0.25, -0.2) is 9.69 Å². The van der Waals surface area contributed by atoms with Gasteiger partial charge in [-0.15, -0.1) is 0 Å². The lowest BCUT2D eigenvalue weighted by atomic mass is 10.1. The van der Waals surface area contributed by atoms with Gasteiger partial charge in [0, 0.05) is 12.8 Å². The second-order valence-electron chi connectivity index (χ2n) is 6.60. The molecule has 0 radical (unpaired) electrons. The Morgan fingerprint density at radius 1 is 0.680 bits per heavy atom. The van der Waals surface area contributed by atoms with Crippen LogP contribution in [0.5, 0.6) is 0 Å². The van der Waals surface area contributed by atoms with Gasteiger partial charge in [-0.2, -0.15) is 0 Å². The van der Waals surface area contributed by atoms with Crippen LogP contribution in [0.3, 0.4) is 0 Å². The van der Waals surface area contributed by atoms with Crippen molar-refractivity contribution in [1.82, 2.24) is 5.32 Å². The molecule has 1 saturated heterocycles. The number of para-hydroxylation sites is 1. The highest BCUT2D eigenvalue weighted by atomic mass is 16.2. The van der Waals surface area contributed by atoms with E-state index in [2.05, 4.69) is 5.32 Å². The number of rotatable bonds is 1. The van der Waals surface area contributed by atoms with Gasteiger partial charge in [-0.05, 0) is 25.0 Å². The summed E-state index contributed by atoms with van der Waals surface area (Å²) in [5, 5.41) is 2.37. The lowest BCUT2D eigenvalue weighted by molar-refractivity contribution is -0.120. The number of nitrogens with zero attached hydrogens (tertiary/aromatic N) is 1. The lowest BCUT2D eigenvalue weighted by Gasteiger charge is -2.21. The fourth-order valence-corrected chi connectivity index (χ4v) is 3.10. The zero-order valence-electron chi connectivity index (χ0n) is 14.8. The molecule has 2 rings (SSSR count). The molecular formula is C20H28N2O3. The van der Waals surface area contributed by atoms with Gasteiger partial charge in [-0.3, -0.25) is 14.9 Å². The molecule has 0 unspecified atom stereocenters. The van der Waals surface area contributed by atoms with Gasteiger partial charge in [-0.1, -0.05) is 63.1 Å². The summed E-state index contributed by atoms with van der Waals surface area (Å²) in [6, 6.07) is 8.15. The van der Waals surface area contributed by atoms with Crippen LogP contribution in [0, 0.1) is 0 Å². The average Bonchev–Trinajstić information content (AvgIpc) is 2.60. The number of benzene rings is 1.